The summed E-state index contributed by atoms with van der Waals surface area (Å²) in [7, 11) is 0. The molecule has 0 aliphatic heterocycles. The topological polar surface area (TPSA) is 63.9 Å². The van der Waals surface area contributed by atoms with Crippen LogP contribution in [0.2, 0.25) is 0 Å². The van der Waals surface area contributed by atoms with E-state index in [9.17, 15) is 0 Å². The number of rotatable bonds is 5. The second kappa shape index (κ2) is 11.3. The Hall–Kier alpha value is -6.00. The van der Waals surface area contributed by atoms with Gasteiger partial charge in [0, 0.05) is 21.9 Å². The molecule has 0 bridgehead atoms. The fourth-order valence-electron chi connectivity index (χ4n) is 6.04. The first-order chi connectivity index (χ1) is 22.2. The van der Waals surface area contributed by atoms with Crippen LogP contribution in [0.1, 0.15) is 16.7 Å². The van der Waals surface area contributed by atoms with Crippen molar-refractivity contribution in [1.29, 1.82) is 0 Å². The Labute approximate surface area is 260 Å². The Bertz CT molecular complexity index is 2420. The van der Waals surface area contributed by atoms with E-state index in [0.717, 1.165) is 60.5 Å². The predicted molar refractivity (Wildman–Crippen MR) is 188 cm³/mol. The zero-order chi connectivity index (χ0) is 30.2. The van der Waals surface area contributed by atoms with Crippen LogP contribution in [0.15, 0.2) is 166 Å². The molecule has 0 saturated heterocycles. The maximum atomic E-state index is 6.67. The van der Waals surface area contributed by atoms with Crippen LogP contribution < -0.4 is 5.73 Å². The van der Waals surface area contributed by atoms with Crippen molar-refractivity contribution in [1.82, 2.24) is 0 Å². The number of nitrogens with zero attached hydrogens (tertiary/aromatic N) is 2. The van der Waals surface area contributed by atoms with Crippen LogP contribution in [0.25, 0.3) is 54.6 Å². The third kappa shape index (κ3) is 5.13. The van der Waals surface area contributed by atoms with Crippen molar-refractivity contribution in [3.8, 4) is 11.1 Å². The normalized spacial score (nSPS) is 12.4. The SMILES string of the molecule is N/C(=N\C(=N/Cc1cccc2oc3ccccc3c12)c1ccc(-c2ccc3ccccc3c2)cc1)c1ccc2ccccc2c1. The van der Waals surface area contributed by atoms with Gasteiger partial charge in [-0.2, -0.15) is 0 Å². The molecule has 45 heavy (non-hydrogen) atoms. The average Bonchev–Trinajstić information content (AvgIpc) is 3.49. The first kappa shape index (κ1) is 26.6. The highest BCUT2D eigenvalue weighted by Crippen LogP contribution is 2.32. The van der Waals surface area contributed by atoms with Crippen LogP contribution in [0.4, 0.5) is 0 Å². The molecule has 0 saturated carbocycles. The summed E-state index contributed by atoms with van der Waals surface area (Å²) in [4.78, 5) is 10.0. The molecule has 8 aromatic rings. The van der Waals surface area contributed by atoms with E-state index in [1.807, 2.05) is 48.5 Å². The van der Waals surface area contributed by atoms with Gasteiger partial charge in [0.1, 0.15) is 17.0 Å². The lowest BCUT2D eigenvalue weighted by molar-refractivity contribution is 0.668. The third-order valence-electron chi connectivity index (χ3n) is 8.39. The van der Waals surface area contributed by atoms with Gasteiger partial charge in [-0.05, 0) is 62.5 Å². The van der Waals surface area contributed by atoms with Gasteiger partial charge in [0.05, 0.1) is 6.54 Å². The second-order valence-corrected chi connectivity index (χ2v) is 11.2. The molecular formula is C41H29N3O. The van der Waals surface area contributed by atoms with Crippen LogP contribution in [0, 0.1) is 0 Å². The largest absolute Gasteiger partial charge is 0.456 e. The maximum Gasteiger partial charge on any atom is 0.157 e. The molecule has 0 amide bonds. The van der Waals surface area contributed by atoms with Gasteiger partial charge in [0.15, 0.2) is 5.84 Å². The molecule has 214 valence electrons. The molecule has 0 spiro atoms. The lowest BCUT2D eigenvalue weighted by Crippen LogP contribution is -2.16. The summed E-state index contributed by atoms with van der Waals surface area (Å²) in [6, 6.07) is 52.0. The summed E-state index contributed by atoms with van der Waals surface area (Å²) in [5, 5.41) is 6.88. The van der Waals surface area contributed by atoms with Crippen molar-refractivity contribution in [2.45, 2.75) is 6.54 Å². The molecule has 0 fully saturated rings. The molecule has 2 N–H and O–H groups in total. The van der Waals surface area contributed by atoms with Gasteiger partial charge in [-0.1, -0.05) is 127 Å². The van der Waals surface area contributed by atoms with Crippen molar-refractivity contribution in [3.63, 3.8) is 0 Å². The van der Waals surface area contributed by atoms with E-state index < -0.39 is 0 Å². The number of benzene rings is 7. The number of aliphatic imine (C=N–C) groups is 2. The first-order valence-corrected chi connectivity index (χ1v) is 15.1. The minimum Gasteiger partial charge on any atom is -0.456 e. The number of nitrogens with two attached hydrogens (primary N) is 1. The number of amidine groups is 2. The Morgan fingerprint density at radius 1 is 0.533 bits per heavy atom. The van der Waals surface area contributed by atoms with Crippen LogP contribution in [0.5, 0.6) is 0 Å². The van der Waals surface area contributed by atoms with E-state index in [0.29, 0.717) is 18.2 Å². The molecule has 4 nitrogen and oxygen atoms in total. The Morgan fingerprint density at radius 3 is 1.96 bits per heavy atom. The monoisotopic (exact) mass is 579 g/mol. The molecule has 0 aliphatic carbocycles. The molecule has 0 radical (unpaired) electrons. The fourth-order valence-corrected chi connectivity index (χ4v) is 6.04. The Balaban J connectivity index is 1.20. The Morgan fingerprint density at radius 2 is 1.16 bits per heavy atom. The highest BCUT2D eigenvalue weighted by molar-refractivity contribution is 6.12. The van der Waals surface area contributed by atoms with E-state index in [1.54, 1.807) is 0 Å². The second-order valence-electron chi connectivity index (χ2n) is 11.2. The highest BCUT2D eigenvalue weighted by atomic mass is 16.3. The standard InChI is InChI=1S/C41H29N3O/c42-40(34-23-19-28-9-2-4-11-32(28)25-34)44-41(43-26-35-12-7-15-38-39(35)36-13-5-6-14-37(36)45-38)30-20-16-29(17-21-30)33-22-18-27-8-1-3-10-31(27)24-33/h1-25H,26H2,(H2,42,43,44). The smallest absolute Gasteiger partial charge is 0.157 e. The summed E-state index contributed by atoms with van der Waals surface area (Å²) in [5.74, 6) is 1.00. The van der Waals surface area contributed by atoms with Crippen molar-refractivity contribution < 1.29 is 4.42 Å². The number of para-hydroxylation sites is 1. The summed E-state index contributed by atoms with van der Waals surface area (Å²) in [5.41, 5.74) is 13.5. The minimum absolute atomic E-state index is 0.421. The molecule has 0 unspecified atom stereocenters. The van der Waals surface area contributed by atoms with Crippen LogP contribution >= 0.6 is 0 Å². The van der Waals surface area contributed by atoms with Gasteiger partial charge in [0.25, 0.3) is 0 Å². The minimum atomic E-state index is 0.421. The third-order valence-corrected chi connectivity index (χ3v) is 8.39. The maximum absolute atomic E-state index is 6.67. The van der Waals surface area contributed by atoms with Gasteiger partial charge in [-0.25, -0.2) is 4.99 Å². The molecule has 8 rings (SSSR count). The number of fused-ring (bicyclic) bond motifs is 5. The van der Waals surface area contributed by atoms with Crippen LogP contribution in [0.3, 0.4) is 0 Å². The summed E-state index contributed by atoms with van der Waals surface area (Å²) in [6.07, 6.45) is 0. The van der Waals surface area contributed by atoms with Gasteiger partial charge >= 0.3 is 0 Å². The van der Waals surface area contributed by atoms with E-state index in [4.69, 9.17) is 20.1 Å². The van der Waals surface area contributed by atoms with E-state index >= 15 is 0 Å². The highest BCUT2D eigenvalue weighted by Gasteiger charge is 2.12. The van der Waals surface area contributed by atoms with Crippen molar-refractivity contribution in [3.05, 3.63) is 168 Å². The molecule has 7 aromatic carbocycles. The van der Waals surface area contributed by atoms with Crippen LogP contribution in [-0.4, -0.2) is 11.7 Å². The molecular weight excluding hydrogens is 550 g/mol. The molecule has 1 aromatic heterocycles. The lowest BCUT2D eigenvalue weighted by Gasteiger charge is -2.09. The van der Waals surface area contributed by atoms with Gasteiger partial charge in [0.2, 0.25) is 0 Å². The zero-order valence-corrected chi connectivity index (χ0v) is 24.5. The first-order valence-electron chi connectivity index (χ1n) is 15.1. The summed E-state index contributed by atoms with van der Waals surface area (Å²) < 4.78 is 6.13. The van der Waals surface area contributed by atoms with Crippen molar-refractivity contribution in [2.24, 2.45) is 15.7 Å². The Kier molecular flexibility index (Phi) is 6.65. The van der Waals surface area contributed by atoms with Crippen LogP contribution in [-0.2, 0) is 6.54 Å². The van der Waals surface area contributed by atoms with Crippen molar-refractivity contribution >= 4 is 55.2 Å². The van der Waals surface area contributed by atoms with Crippen molar-refractivity contribution in [2.75, 3.05) is 0 Å². The van der Waals surface area contributed by atoms with E-state index in [1.165, 1.54) is 10.8 Å². The number of hydrogen-bond donors (Lipinski definition) is 1. The summed E-state index contributed by atoms with van der Waals surface area (Å²) in [6.45, 7) is 0.428. The molecule has 0 aliphatic rings. The zero-order valence-electron chi connectivity index (χ0n) is 24.5. The lowest BCUT2D eigenvalue weighted by atomic mass is 10.00. The van der Waals surface area contributed by atoms with E-state index in [2.05, 4.69) is 103 Å². The number of hydrogen-bond acceptors (Lipinski definition) is 2. The van der Waals surface area contributed by atoms with Gasteiger partial charge in [-0.3, -0.25) is 4.99 Å². The van der Waals surface area contributed by atoms with Gasteiger partial charge in [-0.15, -0.1) is 0 Å². The summed E-state index contributed by atoms with van der Waals surface area (Å²) >= 11 is 0. The molecule has 1 heterocycles. The van der Waals surface area contributed by atoms with E-state index in [-0.39, 0.29) is 0 Å². The average molecular weight is 580 g/mol. The number of furan rings is 1. The predicted octanol–water partition coefficient (Wildman–Crippen LogP) is 9.91. The molecule has 4 heteroatoms. The quantitative estimate of drug-likeness (QED) is 0.163. The van der Waals surface area contributed by atoms with Gasteiger partial charge < -0.3 is 10.2 Å². The fraction of sp³-hybridized carbons (Fsp3) is 0.0244. The molecule has 0 atom stereocenters.